The highest BCUT2D eigenvalue weighted by molar-refractivity contribution is 7.90. The molecule has 0 saturated heterocycles. The Balaban J connectivity index is 1.29. The fraction of sp³-hybridized carbons (Fsp3) is 0.375. The second-order valence-corrected chi connectivity index (χ2v) is 10.8. The summed E-state index contributed by atoms with van der Waals surface area (Å²) in [7, 11) is -3.51. The molecule has 4 rings (SSSR count). The van der Waals surface area contributed by atoms with Crippen LogP contribution in [0.25, 0.3) is 11.0 Å². The molecular weight excluding hydrogens is 438 g/mol. The first kappa shape index (κ1) is 23.0. The lowest BCUT2D eigenvalue weighted by Gasteiger charge is -2.24. The number of unbranched alkanes of at least 4 members (excludes halogenated alkanes) is 2. The maximum Gasteiger partial charge on any atom is 0.263 e. The minimum atomic E-state index is -3.51. The van der Waals surface area contributed by atoms with Gasteiger partial charge >= 0.3 is 0 Å². The number of anilines is 1. The van der Waals surface area contributed by atoms with E-state index in [1.165, 1.54) is 0 Å². The summed E-state index contributed by atoms with van der Waals surface area (Å²) in [4.78, 5) is 21.8. The molecule has 1 aliphatic heterocycles. The number of fused-ring (bicyclic) bond motifs is 2. The highest BCUT2D eigenvalue weighted by Gasteiger charge is 2.29. The van der Waals surface area contributed by atoms with Crippen LogP contribution in [-0.4, -0.2) is 36.3 Å². The van der Waals surface area contributed by atoms with Crippen LogP contribution in [0.3, 0.4) is 0 Å². The van der Waals surface area contributed by atoms with Gasteiger partial charge in [-0.25, -0.2) is 13.4 Å². The zero-order chi connectivity index (χ0) is 23.6. The van der Waals surface area contributed by atoms with Crippen LogP contribution in [-0.2, 0) is 20.4 Å². The summed E-state index contributed by atoms with van der Waals surface area (Å²) in [5.41, 5.74) is 2.23. The van der Waals surface area contributed by atoms with Gasteiger partial charge < -0.3 is 4.57 Å². The van der Waals surface area contributed by atoms with Crippen LogP contribution in [0.2, 0.25) is 0 Å². The number of benzene rings is 2. The first-order valence-corrected chi connectivity index (χ1v) is 12.6. The monoisotopic (exact) mass is 467 g/mol. The lowest BCUT2D eigenvalue weighted by molar-refractivity contribution is -0.116. The van der Waals surface area contributed by atoms with E-state index < -0.39 is 10.0 Å². The van der Waals surface area contributed by atoms with Crippen LogP contribution in [0.1, 0.15) is 52.0 Å². The molecule has 0 spiro atoms. The maximum absolute atomic E-state index is 12.6. The van der Waals surface area contributed by atoms with Crippen molar-refractivity contribution in [1.29, 1.82) is 0 Å². The predicted molar refractivity (Wildman–Crippen MR) is 130 cm³/mol. The minimum Gasteiger partial charge on any atom is -0.305 e. The zero-order valence-electron chi connectivity index (χ0n) is 19.1. The van der Waals surface area contributed by atoms with Gasteiger partial charge in [0.2, 0.25) is 11.9 Å². The SMILES string of the molecule is CC(C)(C)n1c(NC(=O)CCCCCN=C2NS(=O)(=O)c3ccccc32)nc2ccccc21. The van der Waals surface area contributed by atoms with Crippen molar-refractivity contribution in [2.24, 2.45) is 4.99 Å². The largest absolute Gasteiger partial charge is 0.305 e. The van der Waals surface area contributed by atoms with E-state index >= 15 is 0 Å². The number of amides is 1. The van der Waals surface area contributed by atoms with Gasteiger partial charge in [-0.2, -0.15) is 0 Å². The van der Waals surface area contributed by atoms with Gasteiger partial charge in [-0.3, -0.25) is 19.8 Å². The number of rotatable bonds is 7. The Labute approximate surface area is 194 Å². The Kier molecular flexibility index (Phi) is 6.25. The number of hydrogen-bond donors (Lipinski definition) is 2. The van der Waals surface area contributed by atoms with Gasteiger partial charge in [0.05, 0.1) is 15.9 Å². The van der Waals surface area contributed by atoms with Crippen molar-refractivity contribution in [3.8, 4) is 0 Å². The van der Waals surface area contributed by atoms with Crippen molar-refractivity contribution in [3.05, 3.63) is 54.1 Å². The van der Waals surface area contributed by atoms with E-state index in [1.807, 2.05) is 24.3 Å². The number of aliphatic imine (C=N–C) groups is 1. The smallest absolute Gasteiger partial charge is 0.263 e. The van der Waals surface area contributed by atoms with E-state index in [1.54, 1.807) is 24.3 Å². The van der Waals surface area contributed by atoms with Crippen LogP contribution < -0.4 is 10.0 Å². The van der Waals surface area contributed by atoms with Gasteiger partial charge in [0.1, 0.15) is 5.84 Å². The molecule has 8 nitrogen and oxygen atoms in total. The normalized spacial score (nSPS) is 16.0. The third kappa shape index (κ3) is 4.93. The van der Waals surface area contributed by atoms with E-state index in [-0.39, 0.29) is 16.3 Å². The molecule has 0 saturated carbocycles. The van der Waals surface area contributed by atoms with E-state index in [2.05, 4.69) is 45.4 Å². The third-order valence-electron chi connectivity index (χ3n) is 5.48. The number of carbonyl (C=O) groups excluding carboxylic acids is 1. The lowest BCUT2D eigenvalue weighted by Crippen LogP contribution is -2.25. The Hall–Kier alpha value is -3.20. The number of nitrogens with zero attached hydrogens (tertiary/aromatic N) is 3. The molecule has 2 heterocycles. The molecule has 0 radical (unpaired) electrons. The van der Waals surface area contributed by atoms with Gasteiger partial charge in [0.15, 0.2) is 0 Å². The number of nitrogens with one attached hydrogen (secondary N) is 2. The highest BCUT2D eigenvalue weighted by Crippen LogP contribution is 2.28. The predicted octanol–water partition coefficient (Wildman–Crippen LogP) is 4.03. The Bertz CT molecular complexity index is 1320. The van der Waals surface area contributed by atoms with Crippen molar-refractivity contribution in [2.45, 2.75) is 56.9 Å². The van der Waals surface area contributed by atoms with Crippen molar-refractivity contribution in [1.82, 2.24) is 14.3 Å². The number of sulfonamides is 1. The molecule has 3 aromatic rings. The molecule has 174 valence electrons. The third-order valence-corrected chi connectivity index (χ3v) is 6.87. The van der Waals surface area contributed by atoms with Crippen LogP contribution in [0.5, 0.6) is 0 Å². The Morgan fingerprint density at radius 1 is 1.06 bits per heavy atom. The van der Waals surface area contributed by atoms with Gasteiger partial charge in [-0.1, -0.05) is 30.7 Å². The molecular formula is C24H29N5O3S. The number of aromatic nitrogens is 2. The van der Waals surface area contributed by atoms with Crippen molar-refractivity contribution < 1.29 is 13.2 Å². The van der Waals surface area contributed by atoms with E-state index in [4.69, 9.17) is 0 Å². The van der Waals surface area contributed by atoms with E-state index in [9.17, 15) is 13.2 Å². The molecule has 0 aliphatic carbocycles. The van der Waals surface area contributed by atoms with E-state index in [0.29, 0.717) is 30.3 Å². The molecule has 2 N–H and O–H groups in total. The summed E-state index contributed by atoms with van der Waals surface area (Å²) >= 11 is 0. The van der Waals surface area contributed by atoms with Crippen LogP contribution in [0.15, 0.2) is 58.4 Å². The fourth-order valence-corrected chi connectivity index (χ4v) is 5.24. The summed E-state index contributed by atoms with van der Waals surface area (Å²) in [5.74, 6) is 0.885. The number of imidazole rings is 1. The van der Waals surface area contributed by atoms with Crippen LogP contribution in [0, 0.1) is 0 Å². The Morgan fingerprint density at radius 2 is 1.79 bits per heavy atom. The molecule has 0 unspecified atom stereocenters. The average molecular weight is 468 g/mol. The second-order valence-electron chi connectivity index (χ2n) is 9.12. The van der Waals surface area contributed by atoms with Crippen LogP contribution >= 0.6 is 0 Å². The summed E-state index contributed by atoms with van der Waals surface area (Å²) in [5, 5.41) is 2.97. The molecule has 9 heteroatoms. The molecule has 1 amide bonds. The average Bonchev–Trinajstić information content (AvgIpc) is 3.25. The molecule has 1 aromatic heterocycles. The second kappa shape index (κ2) is 8.97. The number of hydrogen-bond acceptors (Lipinski definition) is 5. The summed E-state index contributed by atoms with van der Waals surface area (Å²) in [6.07, 6.45) is 2.68. The quantitative estimate of drug-likeness (QED) is 0.512. The van der Waals surface area contributed by atoms with Gasteiger partial charge in [0, 0.05) is 24.1 Å². The zero-order valence-corrected chi connectivity index (χ0v) is 19.9. The van der Waals surface area contributed by atoms with Gasteiger partial charge in [0.25, 0.3) is 10.0 Å². The van der Waals surface area contributed by atoms with Crippen molar-refractivity contribution in [3.63, 3.8) is 0 Å². The molecule has 2 aromatic carbocycles. The number of para-hydroxylation sites is 2. The minimum absolute atomic E-state index is 0.0698. The maximum atomic E-state index is 12.6. The van der Waals surface area contributed by atoms with Gasteiger partial charge in [-0.05, 0) is 57.9 Å². The summed E-state index contributed by atoms with van der Waals surface area (Å²) < 4.78 is 28.8. The topological polar surface area (TPSA) is 105 Å². The molecule has 1 aliphatic rings. The first-order chi connectivity index (χ1) is 15.7. The molecule has 0 fully saturated rings. The molecule has 33 heavy (non-hydrogen) atoms. The van der Waals surface area contributed by atoms with Crippen LogP contribution in [0.4, 0.5) is 5.95 Å². The number of carbonyl (C=O) groups is 1. The summed E-state index contributed by atoms with van der Waals surface area (Å²) in [6.45, 7) is 6.75. The van der Waals surface area contributed by atoms with Gasteiger partial charge in [-0.15, -0.1) is 0 Å². The molecule has 0 bridgehead atoms. The highest BCUT2D eigenvalue weighted by atomic mass is 32.2. The lowest BCUT2D eigenvalue weighted by atomic mass is 10.1. The fourth-order valence-electron chi connectivity index (χ4n) is 3.99. The van der Waals surface area contributed by atoms with E-state index in [0.717, 1.165) is 30.3 Å². The molecule has 0 atom stereocenters. The van der Waals surface area contributed by atoms with Crippen molar-refractivity contribution >= 4 is 38.7 Å². The number of amidine groups is 1. The summed E-state index contributed by atoms with van der Waals surface area (Å²) in [6, 6.07) is 14.7. The Morgan fingerprint density at radius 3 is 2.58 bits per heavy atom. The first-order valence-electron chi connectivity index (χ1n) is 11.1. The standard InChI is InChI=1S/C24H29N5O3S/c1-24(2,3)29-19-13-8-7-12-18(19)26-23(29)27-21(30)15-5-4-10-16-25-22-17-11-6-9-14-20(17)33(31,32)28-22/h6-9,11-14H,4-5,10,15-16H2,1-3H3,(H,25,28)(H,26,27,30). The van der Waals surface area contributed by atoms with Crippen molar-refractivity contribution in [2.75, 3.05) is 11.9 Å².